The van der Waals surface area contributed by atoms with Gasteiger partial charge in [0.05, 0.1) is 12.1 Å². The van der Waals surface area contributed by atoms with Crippen molar-refractivity contribution >= 4 is 22.0 Å². The van der Waals surface area contributed by atoms with Crippen LogP contribution in [0.2, 0.25) is 0 Å². The third-order valence-electron chi connectivity index (χ3n) is 4.74. The predicted octanol–water partition coefficient (Wildman–Crippen LogP) is 6.42. The average molecular weight is 448 g/mol. The predicted molar refractivity (Wildman–Crippen MR) is 116 cm³/mol. The van der Waals surface area contributed by atoms with Gasteiger partial charge in [0.25, 0.3) is 0 Å². The lowest BCUT2D eigenvalue weighted by Gasteiger charge is -2.34. The Hall–Kier alpha value is -1.85. The minimum Gasteiger partial charge on any atom is -0.465 e. The van der Waals surface area contributed by atoms with E-state index in [0.717, 1.165) is 22.0 Å². The van der Waals surface area contributed by atoms with Gasteiger partial charge in [0.15, 0.2) is 0 Å². The highest BCUT2D eigenvalue weighted by Gasteiger charge is 2.29. The SMILES string of the molecule is CC(C)(C)C[C@@H](c1ccc(Br)cc1)N(CCCC(O)c1ccccc1)C(=O)O. The molecule has 4 nitrogen and oxygen atoms in total. The first kappa shape index (κ1) is 22.4. The van der Waals surface area contributed by atoms with Gasteiger partial charge in [0.2, 0.25) is 0 Å². The molecule has 0 saturated heterocycles. The average Bonchev–Trinajstić information content (AvgIpc) is 2.64. The topological polar surface area (TPSA) is 60.8 Å². The fourth-order valence-corrected chi connectivity index (χ4v) is 3.62. The van der Waals surface area contributed by atoms with Crippen molar-refractivity contribution in [1.29, 1.82) is 0 Å². The monoisotopic (exact) mass is 447 g/mol. The van der Waals surface area contributed by atoms with Gasteiger partial charge >= 0.3 is 6.09 Å². The van der Waals surface area contributed by atoms with Crippen LogP contribution >= 0.6 is 15.9 Å². The van der Waals surface area contributed by atoms with Crippen molar-refractivity contribution < 1.29 is 15.0 Å². The molecule has 5 heteroatoms. The van der Waals surface area contributed by atoms with Crippen molar-refractivity contribution in [2.24, 2.45) is 5.41 Å². The van der Waals surface area contributed by atoms with Crippen LogP contribution in [0.4, 0.5) is 4.79 Å². The van der Waals surface area contributed by atoms with E-state index in [1.54, 1.807) is 0 Å². The van der Waals surface area contributed by atoms with Crippen LogP contribution in [0.3, 0.4) is 0 Å². The summed E-state index contributed by atoms with van der Waals surface area (Å²) in [6, 6.07) is 17.1. The molecule has 2 aromatic rings. The second-order valence-electron chi connectivity index (χ2n) is 8.38. The van der Waals surface area contributed by atoms with E-state index in [0.29, 0.717) is 19.4 Å². The third-order valence-corrected chi connectivity index (χ3v) is 5.27. The highest BCUT2D eigenvalue weighted by atomic mass is 79.9. The molecule has 1 unspecified atom stereocenters. The summed E-state index contributed by atoms with van der Waals surface area (Å²) in [6.45, 7) is 6.75. The Bertz CT molecular complexity index is 741. The van der Waals surface area contributed by atoms with E-state index in [1.807, 2.05) is 54.6 Å². The number of halogens is 1. The Balaban J connectivity index is 2.12. The van der Waals surface area contributed by atoms with Gasteiger partial charge in [-0.1, -0.05) is 79.2 Å². The van der Waals surface area contributed by atoms with Crippen molar-refractivity contribution in [3.8, 4) is 0 Å². The van der Waals surface area contributed by atoms with Gasteiger partial charge in [-0.2, -0.15) is 0 Å². The standard InChI is InChI=1S/C23H30BrNO3/c1-23(2,3)16-20(17-11-13-19(24)14-12-17)25(22(27)28)15-7-10-21(26)18-8-5-4-6-9-18/h4-6,8-9,11-14,20-21,26H,7,10,15-16H2,1-3H3,(H,27,28)/t20-,21?/m0/s1. The number of aliphatic hydroxyl groups is 1. The maximum absolute atomic E-state index is 12.1. The van der Waals surface area contributed by atoms with Crippen molar-refractivity contribution in [2.75, 3.05) is 6.54 Å². The number of aliphatic hydroxyl groups excluding tert-OH is 1. The molecule has 0 saturated carbocycles. The van der Waals surface area contributed by atoms with Crippen molar-refractivity contribution in [3.63, 3.8) is 0 Å². The van der Waals surface area contributed by atoms with E-state index in [4.69, 9.17) is 0 Å². The Morgan fingerprint density at radius 2 is 1.64 bits per heavy atom. The molecular formula is C23H30BrNO3. The molecule has 2 aromatic carbocycles. The van der Waals surface area contributed by atoms with Crippen LogP contribution in [0.5, 0.6) is 0 Å². The Morgan fingerprint density at radius 1 is 1.04 bits per heavy atom. The maximum atomic E-state index is 12.1. The molecule has 0 spiro atoms. The third kappa shape index (κ3) is 6.95. The van der Waals surface area contributed by atoms with Gasteiger partial charge in [0, 0.05) is 11.0 Å². The lowest BCUT2D eigenvalue weighted by atomic mass is 9.84. The summed E-state index contributed by atoms with van der Waals surface area (Å²) < 4.78 is 0.971. The molecule has 0 bridgehead atoms. The molecule has 0 aromatic heterocycles. The number of hydrogen-bond acceptors (Lipinski definition) is 2. The second kappa shape index (κ2) is 10.1. The van der Waals surface area contributed by atoms with Gasteiger partial charge in [-0.15, -0.1) is 0 Å². The molecule has 2 rings (SSSR count). The van der Waals surface area contributed by atoms with Crippen LogP contribution in [-0.4, -0.2) is 27.8 Å². The molecule has 1 amide bonds. The zero-order valence-electron chi connectivity index (χ0n) is 16.8. The molecule has 28 heavy (non-hydrogen) atoms. The minimum absolute atomic E-state index is 0.0189. The lowest BCUT2D eigenvalue weighted by molar-refractivity contribution is 0.101. The van der Waals surface area contributed by atoms with E-state index in [2.05, 4.69) is 36.7 Å². The van der Waals surface area contributed by atoms with Crippen LogP contribution in [0, 0.1) is 5.41 Å². The number of hydrogen-bond donors (Lipinski definition) is 2. The summed E-state index contributed by atoms with van der Waals surface area (Å²) in [7, 11) is 0. The molecule has 2 atom stereocenters. The number of rotatable bonds is 8. The fourth-order valence-electron chi connectivity index (χ4n) is 3.35. The van der Waals surface area contributed by atoms with Gasteiger partial charge in [-0.25, -0.2) is 4.79 Å². The highest BCUT2D eigenvalue weighted by molar-refractivity contribution is 9.10. The van der Waals surface area contributed by atoms with E-state index >= 15 is 0 Å². The number of amides is 1. The first-order valence-corrected chi connectivity index (χ1v) is 10.4. The summed E-state index contributed by atoms with van der Waals surface area (Å²) in [6.07, 6.45) is 0.342. The van der Waals surface area contributed by atoms with E-state index < -0.39 is 12.2 Å². The maximum Gasteiger partial charge on any atom is 0.407 e. The quantitative estimate of drug-likeness (QED) is 0.490. The first-order chi connectivity index (χ1) is 13.2. The minimum atomic E-state index is -0.925. The van der Waals surface area contributed by atoms with Crippen molar-refractivity contribution in [2.45, 2.75) is 52.2 Å². The number of nitrogens with zero attached hydrogens (tertiary/aromatic N) is 1. The Kier molecular flexibility index (Phi) is 8.08. The molecule has 0 aliphatic rings. The van der Waals surface area contributed by atoms with Crippen LogP contribution in [0.15, 0.2) is 59.1 Å². The van der Waals surface area contributed by atoms with E-state index in [1.165, 1.54) is 4.90 Å². The second-order valence-corrected chi connectivity index (χ2v) is 9.29. The highest BCUT2D eigenvalue weighted by Crippen LogP contribution is 2.35. The fraction of sp³-hybridized carbons (Fsp3) is 0.435. The van der Waals surface area contributed by atoms with Crippen LogP contribution in [-0.2, 0) is 0 Å². The largest absolute Gasteiger partial charge is 0.465 e. The van der Waals surface area contributed by atoms with Crippen LogP contribution in [0.25, 0.3) is 0 Å². The molecule has 0 radical (unpaired) electrons. The van der Waals surface area contributed by atoms with Gasteiger partial charge in [-0.05, 0) is 47.9 Å². The summed E-state index contributed by atoms with van der Waals surface area (Å²) >= 11 is 3.44. The molecule has 152 valence electrons. The first-order valence-electron chi connectivity index (χ1n) is 9.65. The molecule has 0 aliphatic carbocycles. The van der Waals surface area contributed by atoms with Crippen LogP contribution in [0.1, 0.15) is 63.3 Å². The Labute approximate surface area is 176 Å². The normalized spacial score (nSPS) is 13.8. The van der Waals surface area contributed by atoms with Gasteiger partial charge in [-0.3, -0.25) is 0 Å². The van der Waals surface area contributed by atoms with Gasteiger partial charge < -0.3 is 15.1 Å². The van der Waals surface area contributed by atoms with Gasteiger partial charge in [0.1, 0.15) is 0 Å². The van der Waals surface area contributed by atoms with E-state index in [9.17, 15) is 15.0 Å². The van der Waals surface area contributed by atoms with Crippen molar-refractivity contribution in [1.82, 2.24) is 4.90 Å². The van der Waals surface area contributed by atoms with Crippen molar-refractivity contribution in [3.05, 3.63) is 70.2 Å². The number of benzene rings is 2. The number of carboxylic acid groups (broad SMARTS) is 1. The molecule has 0 heterocycles. The molecule has 2 N–H and O–H groups in total. The van der Waals surface area contributed by atoms with E-state index in [-0.39, 0.29) is 11.5 Å². The summed E-state index contributed by atoms with van der Waals surface area (Å²) in [4.78, 5) is 13.6. The lowest BCUT2D eigenvalue weighted by Crippen LogP contribution is -2.36. The summed E-state index contributed by atoms with van der Waals surface area (Å²) in [5.41, 5.74) is 1.84. The Morgan fingerprint density at radius 3 is 2.18 bits per heavy atom. The molecular weight excluding hydrogens is 418 g/mol. The zero-order chi connectivity index (χ0) is 20.7. The number of carbonyl (C=O) groups is 1. The molecule has 0 aliphatic heterocycles. The summed E-state index contributed by atoms with van der Waals surface area (Å²) in [5, 5.41) is 20.3. The summed E-state index contributed by atoms with van der Waals surface area (Å²) in [5.74, 6) is 0. The zero-order valence-corrected chi connectivity index (χ0v) is 18.4. The smallest absolute Gasteiger partial charge is 0.407 e. The molecule has 0 fully saturated rings. The van der Waals surface area contributed by atoms with Crippen LogP contribution < -0.4 is 0 Å².